The first-order valence-corrected chi connectivity index (χ1v) is 15.9. The van der Waals surface area contributed by atoms with Crippen LogP contribution < -0.4 is 10.4 Å². The number of benzene rings is 2. The fourth-order valence-corrected chi connectivity index (χ4v) is 9.41. The zero-order chi connectivity index (χ0) is 21.7. The van der Waals surface area contributed by atoms with Gasteiger partial charge < -0.3 is 0 Å². The molecule has 0 aliphatic heterocycles. The molecule has 0 atom stereocenters. The Labute approximate surface area is 200 Å². The molecule has 2 aliphatic rings. The van der Waals surface area contributed by atoms with E-state index in [1.807, 2.05) is 60.7 Å². The van der Waals surface area contributed by atoms with Gasteiger partial charge in [-0.1, -0.05) is 60.7 Å². The molecule has 154 valence electrons. The van der Waals surface area contributed by atoms with Gasteiger partial charge in [0.1, 0.15) is 0 Å². The van der Waals surface area contributed by atoms with E-state index in [9.17, 15) is 0 Å². The third-order valence-electron chi connectivity index (χ3n) is 5.36. The molecule has 0 radical (unpaired) electrons. The van der Waals surface area contributed by atoms with Crippen LogP contribution in [0.15, 0.2) is 103 Å². The summed E-state index contributed by atoms with van der Waals surface area (Å²) in [5.41, 5.74) is 6.20. The van der Waals surface area contributed by atoms with Crippen molar-refractivity contribution in [2.75, 3.05) is 0 Å². The molecule has 0 N–H and O–H groups in total. The van der Waals surface area contributed by atoms with Crippen molar-refractivity contribution in [3.8, 4) is 0 Å². The largest absolute Gasteiger partial charge is 0.310 e. The van der Waals surface area contributed by atoms with Crippen LogP contribution in [0.1, 0.15) is 40.5 Å². The van der Waals surface area contributed by atoms with Crippen molar-refractivity contribution >= 4 is 39.2 Å². The summed E-state index contributed by atoms with van der Waals surface area (Å²) < 4.78 is 3.51. The van der Waals surface area contributed by atoms with Crippen molar-refractivity contribution in [1.29, 1.82) is 0 Å². The van der Waals surface area contributed by atoms with Crippen LogP contribution in [0.2, 0.25) is 0 Å². The normalized spacial score (nSPS) is 16.2. The Morgan fingerprint density at radius 2 is 1.00 bits per heavy atom. The zero-order valence-electron chi connectivity index (χ0n) is 18.1. The Morgan fingerprint density at radius 1 is 0.633 bits per heavy atom. The predicted octanol–water partition coefficient (Wildman–Crippen LogP) is 7.04. The molecule has 4 rings (SSSR count). The van der Waals surface area contributed by atoms with Crippen molar-refractivity contribution in [3.63, 3.8) is 0 Å². The zero-order valence-corrected chi connectivity index (χ0v) is 22.2. The fourth-order valence-electron chi connectivity index (χ4n) is 3.78. The van der Waals surface area contributed by atoms with Gasteiger partial charge in [0.15, 0.2) is 0 Å². The van der Waals surface area contributed by atoms with Gasteiger partial charge in [0, 0.05) is 0 Å². The Balaban J connectivity index is 0.000000171. The minimum atomic E-state index is -2.51. The van der Waals surface area contributed by atoms with Crippen LogP contribution in [0.3, 0.4) is 0 Å². The van der Waals surface area contributed by atoms with Crippen molar-refractivity contribution in [2.45, 2.75) is 40.5 Å². The third-order valence-corrected chi connectivity index (χ3v) is 12.8. The minimum absolute atomic E-state index is 0.00593. The van der Waals surface area contributed by atoms with Crippen molar-refractivity contribution in [3.05, 3.63) is 103 Å². The van der Waals surface area contributed by atoms with E-state index in [0.717, 1.165) is 10.4 Å². The molecule has 0 bridgehead atoms. The van der Waals surface area contributed by atoms with Crippen molar-refractivity contribution in [2.24, 2.45) is 0 Å². The summed E-state index contributed by atoms with van der Waals surface area (Å²) in [6.45, 7) is 6.55. The summed E-state index contributed by atoms with van der Waals surface area (Å²) in [4.78, 5) is 0. The topological polar surface area (TPSA) is 0 Å². The summed E-state index contributed by atoms with van der Waals surface area (Å²) in [5.74, 6) is 0. The molecule has 0 saturated heterocycles. The van der Waals surface area contributed by atoms with E-state index in [1.165, 1.54) is 12.8 Å². The summed E-state index contributed by atoms with van der Waals surface area (Å²) in [7, 11) is 0. The molecule has 0 fully saturated rings. The number of hydrogen-bond acceptors (Lipinski definition) is 0. The van der Waals surface area contributed by atoms with Crippen molar-refractivity contribution in [1.82, 2.24) is 0 Å². The smallest absolute Gasteiger partial charge is 0.134 e. The Hall–Kier alpha value is -1.09. The van der Waals surface area contributed by atoms with Gasteiger partial charge in [-0.15, -0.1) is 22.2 Å². The number of halogens is 2. The molecular weight excluding hydrogens is 459 g/mol. The van der Waals surface area contributed by atoms with E-state index in [-0.39, 0.29) is 19.2 Å². The second-order valence-electron chi connectivity index (χ2n) is 8.09. The van der Waals surface area contributed by atoms with E-state index < -0.39 is 6.69 Å². The van der Waals surface area contributed by atoms with E-state index in [2.05, 4.69) is 39.8 Å². The molecule has 30 heavy (non-hydrogen) atoms. The summed E-state index contributed by atoms with van der Waals surface area (Å²) >= 11 is 13.0. The molecule has 2 aliphatic carbocycles. The minimum Gasteiger partial charge on any atom is -0.134 e. The second-order valence-corrected chi connectivity index (χ2v) is 16.7. The molecule has 0 heterocycles. The van der Waals surface area contributed by atoms with Gasteiger partial charge in [0.2, 0.25) is 0 Å². The fraction of sp³-hybridized carbons (Fsp3) is 0.231. The summed E-state index contributed by atoms with van der Waals surface area (Å²) in [6, 6.07) is 19.7. The molecule has 4 heteroatoms. The maximum absolute atomic E-state index is 6.49. The van der Waals surface area contributed by atoms with Gasteiger partial charge in [0.05, 0.1) is 0 Å². The molecule has 2 aromatic rings. The first-order chi connectivity index (χ1) is 14.3. The Bertz CT molecular complexity index is 934. The molecule has 0 nitrogen and oxygen atoms in total. The van der Waals surface area contributed by atoms with Crippen LogP contribution in [0.5, 0.6) is 0 Å². The monoisotopic (exact) mass is 486 g/mol. The molecule has 0 spiro atoms. The van der Waals surface area contributed by atoms with Crippen LogP contribution >= 0.6 is 22.2 Å². The van der Waals surface area contributed by atoms with Gasteiger partial charge in [-0.25, -0.2) is 0 Å². The summed E-state index contributed by atoms with van der Waals surface area (Å²) in [6.07, 6.45) is 7.23. The van der Waals surface area contributed by atoms with Gasteiger partial charge >= 0.3 is 109 Å². The quantitative estimate of drug-likeness (QED) is 0.321. The molecule has 2 aromatic carbocycles. The Kier molecular flexibility index (Phi) is 8.24. The first-order valence-electron chi connectivity index (χ1n) is 10.3. The standard InChI is InChI=1S/C12H10Cl2Si.2C7H9.Ti/c13-15(14,11-7-3-1-4-8-11)12-9-5-2-6-10-12;2*1-6-3-4-7(2)5-6;/h1-10H;2*5H,3H2,1-2H3;. The maximum atomic E-state index is 6.49. The van der Waals surface area contributed by atoms with Gasteiger partial charge in [-0.3, -0.25) is 0 Å². The molecule has 0 unspecified atom stereocenters. The second kappa shape index (κ2) is 10.5. The molecular formula is C26H28Cl2SiTi. The molecule has 0 amide bonds. The third kappa shape index (κ3) is 5.99. The SMILES string of the molecule is CC1=CC(C)=[C]([Ti][C]2=C(C)C=C(C)C2)C1.Cl[Si](Cl)(c1ccccc1)c1ccccc1. The first kappa shape index (κ1) is 23.6. The van der Waals surface area contributed by atoms with Crippen LogP contribution in [0.4, 0.5) is 0 Å². The number of rotatable bonds is 4. The summed E-state index contributed by atoms with van der Waals surface area (Å²) in [5, 5.41) is 2.05. The van der Waals surface area contributed by atoms with Crippen LogP contribution in [-0.2, 0) is 19.2 Å². The number of allylic oxidation sites excluding steroid dienone is 8. The van der Waals surface area contributed by atoms with E-state index in [0.29, 0.717) is 0 Å². The van der Waals surface area contributed by atoms with Crippen LogP contribution in [-0.4, -0.2) is 6.69 Å². The Morgan fingerprint density at radius 3 is 1.30 bits per heavy atom. The molecule has 0 aromatic heterocycles. The van der Waals surface area contributed by atoms with Crippen LogP contribution in [0, 0.1) is 0 Å². The van der Waals surface area contributed by atoms with E-state index in [4.69, 9.17) is 22.2 Å². The average molecular weight is 487 g/mol. The van der Waals surface area contributed by atoms with Crippen molar-refractivity contribution < 1.29 is 19.2 Å². The van der Waals surface area contributed by atoms with Gasteiger partial charge in [-0.05, 0) is 10.4 Å². The number of hydrogen-bond donors (Lipinski definition) is 0. The van der Waals surface area contributed by atoms with E-state index in [1.54, 1.807) is 30.0 Å². The predicted molar refractivity (Wildman–Crippen MR) is 132 cm³/mol. The van der Waals surface area contributed by atoms with Crippen LogP contribution in [0.25, 0.3) is 0 Å². The van der Waals surface area contributed by atoms with Gasteiger partial charge in [0.25, 0.3) is 0 Å². The van der Waals surface area contributed by atoms with Gasteiger partial charge in [-0.2, -0.15) is 0 Å². The molecule has 0 saturated carbocycles. The average Bonchev–Trinajstić information content (AvgIpc) is 3.23. The van der Waals surface area contributed by atoms with E-state index >= 15 is 0 Å². The maximum Gasteiger partial charge on any atom is 0.310 e.